The Labute approximate surface area is 131 Å². The number of anilines is 1. The Morgan fingerprint density at radius 3 is 2.55 bits per heavy atom. The Kier molecular flexibility index (Phi) is 4.49. The van der Waals surface area contributed by atoms with Gasteiger partial charge >= 0.3 is 0 Å². The number of carbonyl (C=O) groups is 1. The summed E-state index contributed by atoms with van der Waals surface area (Å²) in [6.07, 6.45) is 6.37. The first-order chi connectivity index (χ1) is 10.8. The minimum Gasteiger partial charge on any atom is -0.376 e. The van der Waals surface area contributed by atoms with E-state index in [1.165, 1.54) is 0 Å². The molecule has 1 aliphatic rings. The minimum atomic E-state index is -0.386. The molecule has 0 aliphatic carbocycles. The lowest BCUT2D eigenvalue weighted by Crippen LogP contribution is -2.44. The molecule has 1 aromatic heterocycles. The molecule has 1 atom stereocenters. The van der Waals surface area contributed by atoms with Gasteiger partial charge < -0.3 is 15.4 Å². The Morgan fingerprint density at radius 2 is 1.91 bits per heavy atom. The van der Waals surface area contributed by atoms with Gasteiger partial charge in [-0.3, -0.25) is 4.98 Å². The molecule has 0 bridgehead atoms. The van der Waals surface area contributed by atoms with Gasteiger partial charge in [-0.2, -0.15) is 0 Å². The molecule has 22 heavy (non-hydrogen) atoms. The summed E-state index contributed by atoms with van der Waals surface area (Å²) in [5.41, 5.74) is 1.69. The Hall–Kier alpha value is -2.20. The third-order valence-electron chi connectivity index (χ3n) is 4.45. The van der Waals surface area contributed by atoms with Crippen molar-refractivity contribution in [1.29, 1.82) is 0 Å². The van der Waals surface area contributed by atoms with Crippen molar-refractivity contribution in [3.8, 4) is 0 Å². The van der Waals surface area contributed by atoms with E-state index >= 15 is 0 Å². The molecule has 0 spiro atoms. The van der Waals surface area contributed by atoms with Crippen LogP contribution < -0.4 is 10.6 Å². The molecular formula is C18H21N3O. The number of aldehydes is 1. The predicted molar refractivity (Wildman–Crippen MR) is 87.6 cm³/mol. The van der Waals surface area contributed by atoms with Crippen LogP contribution in [0.3, 0.4) is 0 Å². The molecule has 4 heteroatoms. The van der Waals surface area contributed by atoms with E-state index < -0.39 is 0 Å². The first kappa shape index (κ1) is 14.7. The van der Waals surface area contributed by atoms with Crippen molar-refractivity contribution in [2.45, 2.75) is 18.9 Å². The van der Waals surface area contributed by atoms with Crippen LogP contribution in [0.1, 0.15) is 24.4 Å². The zero-order valence-electron chi connectivity index (χ0n) is 12.5. The summed E-state index contributed by atoms with van der Waals surface area (Å²) in [5.74, 6) is 0. The first-order valence-electron chi connectivity index (χ1n) is 7.73. The van der Waals surface area contributed by atoms with Gasteiger partial charge in [0.1, 0.15) is 6.29 Å². The molecule has 1 fully saturated rings. The summed E-state index contributed by atoms with van der Waals surface area (Å²) >= 11 is 0. The van der Waals surface area contributed by atoms with E-state index in [9.17, 15) is 4.79 Å². The van der Waals surface area contributed by atoms with Crippen LogP contribution in [0.25, 0.3) is 0 Å². The zero-order chi connectivity index (χ0) is 15.3. The van der Waals surface area contributed by atoms with Crippen LogP contribution in [0.2, 0.25) is 0 Å². The molecule has 0 radical (unpaired) electrons. The first-order valence-corrected chi connectivity index (χ1v) is 7.73. The van der Waals surface area contributed by atoms with Gasteiger partial charge in [0.05, 0.1) is 17.1 Å². The summed E-state index contributed by atoms with van der Waals surface area (Å²) in [7, 11) is 0. The summed E-state index contributed by atoms with van der Waals surface area (Å²) in [4.78, 5) is 16.2. The lowest BCUT2D eigenvalue weighted by Gasteiger charge is -2.40. The Morgan fingerprint density at radius 1 is 1.14 bits per heavy atom. The standard InChI is InChI=1S/C18H21N3O/c22-14-18(8-11-19-12-9-18)17(15-5-2-1-3-6-15)21-16-7-4-10-20-13-16/h1-7,10,13-14,17,19,21H,8-9,11-12H2. The number of pyridine rings is 1. The van der Waals surface area contributed by atoms with Gasteiger partial charge in [-0.1, -0.05) is 30.3 Å². The monoisotopic (exact) mass is 295 g/mol. The molecule has 114 valence electrons. The largest absolute Gasteiger partial charge is 0.376 e. The maximum Gasteiger partial charge on any atom is 0.128 e. The van der Waals surface area contributed by atoms with Crippen molar-refractivity contribution >= 4 is 12.0 Å². The lowest BCUT2D eigenvalue weighted by atomic mass is 9.71. The molecule has 1 saturated heterocycles. The summed E-state index contributed by atoms with van der Waals surface area (Å²) in [6.45, 7) is 1.74. The minimum absolute atomic E-state index is 0.0440. The molecule has 4 nitrogen and oxygen atoms in total. The number of piperidine rings is 1. The average Bonchev–Trinajstić information content (AvgIpc) is 2.62. The van der Waals surface area contributed by atoms with E-state index in [4.69, 9.17) is 0 Å². The number of hydrogen-bond donors (Lipinski definition) is 2. The third kappa shape index (κ3) is 3.02. The quantitative estimate of drug-likeness (QED) is 0.833. The topological polar surface area (TPSA) is 54.0 Å². The second kappa shape index (κ2) is 6.71. The lowest BCUT2D eigenvalue weighted by molar-refractivity contribution is -0.118. The van der Waals surface area contributed by atoms with Crippen LogP contribution >= 0.6 is 0 Å². The third-order valence-corrected chi connectivity index (χ3v) is 4.45. The van der Waals surface area contributed by atoms with Crippen LogP contribution in [-0.4, -0.2) is 24.4 Å². The molecule has 2 heterocycles. The van der Waals surface area contributed by atoms with Crippen LogP contribution in [0.15, 0.2) is 54.9 Å². The van der Waals surface area contributed by atoms with Crippen LogP contribution in [0.4, 0.5) is 5.69 Å². The van der Waals surface area contributed by atoms with Crippen molar-refractivity contribution < 1.29 is 4.79 Å². The van der Waals surface area contributed by atoms with E-state index in [-0.39, 0.29) is 11.5 Å². The Bertz CT molecular complexity index is 594. The molecule has 2 aromatic rings. The smallest absolute Gasteiger partial charge is 0.128 e. The molecule has 3 rings (SSSR count). The highest BCUT2D eigenvalue weighted by atomic mass is 16.1. The van der Waals surface area contributed by atoms with Crippen molar-refractivity contribution in [1.82, 2.24) is 10.3 Å². The van der Waals surface area contributed by atoms with Gasteiger partial charge in [-0.25, -0.2) is 0 Å². The van der Waals surface area contributed by atoms with Gasteiger partial charge in [-0.15, -0.1) is 0 Å². The fourth-order valence-corrected chi connectivity index (χ4v) is 3.19. The number of carbonyl (C=O) groups excluding carboxylic acids is 1. The molecule has 1 aliphatic heterocycles. The number of nitrogens with zero attached hydrogens (tertiary/aromatic N) is 1. The van der Waals surface area contributed by atoms with E-state index in [2.05, 4.69) is 27.8 Å². The van der Waals surface area contributed by atoms with Crippen LogP contribution in [-0.2, 0) is 4.79 Å². The van der Waals surface area contributed by atoms with E-state index in [1.54, 1.807) is 12.4 Å². The highest BCUT2D eigenvalue weighted by Crippen LogP contribution is 2.41. The second-order valence-electron chi connectivity index (χ2n) is 5.83. The molecule has 2 N–H and O–H groups in total. The fourth-order valence-electron chi connectivity index (χ4n) is 3.19. The molecule has 1 unspecified atom stereocenters. The maximum absolute atomic E-state index is 12.0. The molecule has 0 saturated carbocycles. The van der Waals surface area contributed by atoms with Crippen molar-refractivity contribution in [3.05, 3.63) is 60.4 Å². The van der Waals surface area contributed by atoms with Crippen molar-refractivity contribution in [2.24, 2.45) is 5.41 Å². The number of rotatable bonds is 5. The van der Waals surface area contributed by atoms with E-state index in [1.807, 2.05) is 30.3 Å². The zero-order valence-corrected chi connectivity index (χ0v) is 12.5. The molecule has 1 aromatic carbocycles. The normalized spacial score (nSPS) is 18.4. The van der Waals surface area contributed by atoms with Crippen molar-refractivity contribution in [3.63, 3.8) is 0 Å². The number of hydrogen-bond acceptors (Lipinski definition) is 4. The van der Waals surface area contributed by atoms with E-state index in [0.29, 0.717) is 0 Å². The van der Waals surface area contributed by atoms with Gasteiger partial charge in [-0.05, 0) is 43.6 Å². The predicted octanol–water partition coefficient (Wildman–Crippen LogP) is 2.80. The average molecular weight is 295 g/mol. The highest BCUT2D eigenvalue weighted by molar-refractivity contribution is 5.64. The van der Waals surface area contributed by atoms with Crippen LogP contribution in [0, 0.1) is 5.41 Å². The fraction of sp³-hybridized carbons (Fsp3) is 0.333. The van der Waals surface area contributed by atoms with Gasteiger partial charge in [0.25, 0.3) is 0 Å². The van der Waals surface area contributed by atoms with Gasteiger partial charge in [0.15, 0.2) is 0 Å². The maximum atomic E-state index is 12.0. The summed E-state index contributed by atoms with van der Waals surface area (Å²) in [5, 5.41) is 6.88. The molecular weight excluding hydrogens is 274 g/mol. The summed E-state index contributed by atoms with van der Waals surface area (Å²) < 4.78 is 0. The number of benzene rings is 1. The Balaban J connectivity index is 1.97. The van der Waals surface area contributed by atoms with E-state index in [0.717, 1.165) is 43.5 Å². The summed E-state index contributed by atoms with van der Waals surface area (Å²) in [6, 6.07) is 14.1. The number of aromatic nitrogens is 1. The van der Waals surface area contributed by atoms with Gasteiger partial charge in [0, 0.05) is 12.4 Å². The molecule has 0 amide bonds. The second-order valence-corrected chi connectivity index (χ2v) is 5.83. The highest BCUT2D eigenvalue weighted by Gasteiger charge is 2.40. The number of nitrogens with one attached hydrogen (secondary N) is 2. The van der Waals surface area contributed by atoms with Crippen LogP contribution in [0.5, 0.6) is 0 Å². The van der Waals surface area contributed by atoms with Gasteiger partial charge in [0.2, 0.25) is 0 Å². The SMILES string of the molecule is O=CC1(C(Nc2cccnc2)c2ccccc2)CCNCC1. The van der Waals surface area contributed by atoms with Crippen molar-refractivity contribution in [2.75, 3.05) is 18.4 Å².